The Morgan fingerprint density at radius 2 is 1.93 bits per heavy atom. The third-order valence-electron chi connectivity index (χ3n) is 3.30. The molecule has 0 radical (unpaired) electrons. The molecule has 1 saturated heterocycles. The van der Waals surface area contributed by atoms with Gasteiger partial charge < -0.3 is 15.4 Å². The Morgan fingerprint density at radius 3 is 2.43 bits per heavy atom. The van der Waals surface area contributed by atoms with Crippen LogP contribution in [0.5, 0.6) is 0 Å². The lowest BCUT2D eigenvalue weighted by Gasteiger charge is -2.33. The zero-order valence-corrected chi connectivity index (χ0v) is 9.11. The van der Waals surface area contributed by atoms with Crippen LogP contribution < -0.4 is 5.73 Å². The molecule has 2 rings (SSSR count). The van der Waals surface area contributed by atoms with Crippen molar-refractivity contribution >= 4 is 0 Å². The first-order valence-corrected chi connectivity index (χ1v) is 5.89. The van der Waals surface area contributed by atoms with Gasteiger partial charge in [-0.3, -0.25) is 0 Å². The van der Waals surface area contributed by atoms with Crippen LogP contribution in [0.15, 0.2) is 0 Å². The van der Waals surface area contributed by atoms with Gasteiger partial charge in [-0.1, -0.05) is 0 Å². The third-order valence-corrected chi connectivity index (χ3v) is 3.30. The molecule has 2 aliphatic rings. The van der Waals surface area contributed by atoms with E-state index in [-0.39, 0.29) is 6.10 Å². The molecule has 1 atom stereocenters. The molecular formula is C11H22N2O. The molecule has 1 heterocycles. The Hall–Kier alpha value is -0.120. The molecule has 0 spiro atoms. The topological polar surface area (TPSA) is 38.5 Å². The second-order valence-corrected chi connectivity index (χ2v) is 4.65. The molecule has 1 unspecified atom stereocenters. The Bertz CT molecular complexity index is 174. The van der Waals surface area contributed by atoms with Crippen molar-refractivity contribution in [1.82, 2.24) is 4.90 Å². The van der Waals surface area contributed by atoms with E-state index in [0.29, 0.717) is 12.6 Å². The standard InChI is InChI=1S/C11H22N2O/c1-9(8-12)14-11-4-6-13(7-5-11)10-2-3-10/h9-11H,2-8,12H2,1H3. The van der Waals surface area contributed by atoms with Gasteiger partial charge in [0.2, 0.25) is 0 Å². The fraction of sp³-hybridized carbons (Fsp3) is 1.00. The monoisotopic (exact) mass is 198 g/mol. The molecule has 2 fully saturated rings. The van der Waals surface area contributed by atoms with Crippen LogP contribution in [0.2, 0.25) is 0 Å². The predicted octanol–water partition coefficient (Wildman–Crippen LogP) is 0.977. The zero-order chi connectivity index (χ0) is 9.97. The van der Waals surface area contributed by atoms with E-state index < -0.39 is 0 Å². The highest BCUT2D eigenvalue weighted by molar-refractivity contribution is 4.87. The summed E-state index contributed by atoms with van der Waals surface area (Å²) in [4.78, 5) is 2.62. The molecule has 3 heteroatoms. The first-order valence-electron chi connectivity index (χ1n) is 5.89. The highest BCUT2D eigenvalue weighted by Crippen LogP contribution is 2.29. The van der Waals surface area contributed by atoms with E-state index in [1.807, 2.05) is 0 Å². The molecule has 0 aromatic rings. The first kappa shape index (κ1) is 10.4. The van der Waals surface area contributed by atoms with E-state index in [9.17, 15) is 0 Å². The minimum Gasteiger partial charge on any atom is -0.374 e. The lowest BCUT2D eigenvalue weighted by Crippen LogP contribution is -2.40. The maximum atomic E-state index is 5.84. The van der Waals surface area contributed by atoms with Gasteiger partial charge in [-0.25, -0.2) is 0 Å². The molecule has 82 valence electrons. The molecule has 0 aromatic carbocycles. The second kappa shape index (κ2) is 4.60. The molecule has 1 aliphatic heterocycles. The smallest absolute Gasteiger partial charge is 0.0672 e. The fourth-order valence-corrected chi connectivity index (χ4v) is 2.20. The number of rotatable bonds is 4. The summed E-state index contributed by atoms with van der Waals surface area (Å²) in [6.07, 6.45) is 5.92. The first-order chi connectivity index (χ1) is 6.79. The second-order valence-electron chi connectivity index (χ2n) is 4.65. The van der Waals surface area contributed by atoms with E-state index in [1.165, 1.54) is 38.8 Å². The van der Waals surface area contributed by atoms with Crippen molar-refractivity contribution < 1.29 is 4.74 Å². The average molecular weight is 198 g/mol. The minimum atomic E-state index is 0.229. The lowest BCUT2D eigenvalue weighted by atomic mass is 10.1. The number of hydrogen-bond acceptors (Lipinski definition) is 3. The van der Waals surface area contributed by atoms with Crippen molar-refractivity contribution in [2.24, 2.45) is 5.73 Å². The Balaban J connectivity index is 1.67. The van der Waals surface area contributed by atoms with Gasteiger partial charge in [0.05, 0.1) is 12.2 Å². The summed E-state index contributed by atoms with van der Waals surface area (Å²) in [6.45, 7) is 5.16. The normalized spacial score (nSPS) is 27.9. The van der Waals surface area contributed by atoms with Crippen LogP contribution in [0.4, 0.5) is 0 Å². The zero-order valence-electron chi connectivity index (χ0n) is 9.11. The molecule has 2 N–H and O–H groups in total. The van der Waals surface area contributed by atoms with Crippen LogP contribution in [0.25, 0.3) is 0 Å². The van der Waals surface area contributed by atoms with Crippen molar-refractivity contribution in [3.63, 3.8) is 0 Å². The fourth-order valence-electron chi connectivity index (χ4n) is 2.20. The summed E-state index contributed by atoms with van der Waals surface area (Å²) in [7, 11) is 0. The van der Waals surface area contributed by atoms with Crippen LogP contribution in [-0.4, -0.2) is 42.8 Å². The molecule has 1 aliphatic carbocycles. The van der Waals surface area contributed by atoms with Crippen molar-refractivity contribution in [3.8, 4) is 0 Å². The third kappa shape index (κ3) is 2.69. The summed E-state index contributed by atoms with van der Waals surface area (Å²) in [6, 6.07) is 0.919. The number of nitrogens with two attached hydrogens (primary N) is 1. The summed E-state index contributed by atoms with van der Waals surface area (Å²) in [5, 5.41) is 0. The number of likely N-dealkylation sites (tertiary alicyclic amines) is 1. The lowest BCUT2D eigenvalue weighted by molar-refractivity contribution is -0.0316. The Morgan fingerprint density at radius 1 is 1.29 bits per heavy atom. The summed E-state index contributed by atoms with van der Waals surface area (Å²) in [5.41, 5.74) is 5.54. The van der Waals surface area contributed by atoms with Gasteiger partial charge in [0.25, 0.3) is 0 Å². The van der Waals surface area contributed by atoms with E-state index in [4.69, 9.17) is 10.5 Å². The van der Waals surface area contributed by atoms with Gasteiger partial charge in [-0.2, -0.15) is 0 Å². The van der Waals surface area contributed by atoms with Gasteiger partial charge in [-0.05, 0) is 32.6 Å². The number of ether oxygens (including phenoxy) is 1. The van der Waals surface area contributed by atoms with Gasteiger partial charge in [0.1, 0.15) is 0 Å². The quantitative estimate of drug-likeness (QED) is 0.731. The van der Waals surface area contributed by atoms with Gasteiger partial charge in [0, 0.05) is 25.7 Å². The Kier molecular flexibility index (Phi) is 3.42. The van der Waals surface area contributed by atoms with E-state index in [1.54, 1.807) is 0 Å². The molecule has 0 amide bonds. The molecule has 14 heavy (non-hydrogen) atoms. The van der Waals surface area contributed by atoms with Crippen LogP contribution in [0, 0.1) is 0 Å². The van der Waals surface area contributed by atoms with Gasteiger partial charge in [0.15, 0.2) is 0 Å². The van der Waals surface area contributed by atoms with Crippen molar-refractivity contribution in [1.29, 1.82) is 0 Å². The van der Waals surface area contributed by atoms with Gasteiger partial charge >= 0.3 is 0 Å². The highest BCUT2D eigenvalue weighted by Gasteiger charge is 2.32. The summed E-state index contributed by atoms with van der Waals surface area (Å²) < 4.78 is 5.84. The van der Waals surface area contributed by atoms with Gasteiger partial charge in [-0.15, -0.1) is 0 Å². The largest absolute Gasteiger partial charge is 0.374 e. The van der Waals surface area contributed by atoms with E-state index in [0.717, 1.165) is 6.04 Å². The summed E-state index contributed by atoms with van der Waals surface area (Å²) >= 11 is 0. The van der Waals surface area contributed by atoms with Crippen molar-refractivity contribution in [3.05, 3.63) is 0 Å². The number of hydrogen-bond donors (Lipinski definition) is 1. The molecule has 0 bridgehead atoms. The van der Waals surface area contributed by atoms with Crippen LogP contribution in [0.3, 0.4) is 0 Å². The van der Waals surface area contributed by atoms with Crippen LogP contribution in [-0.2, 0) is 4.74 Å². The molecule has 1 saturated carbocycles. The molecule has 0 aromatic heterocycles. The highest BCUT2D eigenvalue weighted by atomic mass is 16.5. The average Bonchev–Trinajstić information content (AvgIpc) is 3.02. The number of piperidine rings is 1. The maximum Gasteiger partial charge on any atom is 0.0672 e. The van der Waals surface area contributed by atoms with Crippen molar-refractivity contribution in [2.75, 3.05) is 19.6 Å². The molecule has 3 nitrogen and oxygen atoms in total. The minimum absolute atomic E-state index is 0.229. The molecular weight excluding hydrogens is 176 g/mol. The van der Waals surface area contributed by atoms with E-state index >= 15 is 0 Å². The summed E-state index contributed by atoms with van der Waals surface area (Å²) in [5.74, 6) is 0. The Labute approximate surface area is 86.6 Å². The number of nitrogens with zero attached hydrogens (tertiary/aromatic N) is 1. The predicted molar refractivity (Wildman–Crippen MR) is 57.2 cm³/mol. The maximum absolute atomic E-state index is 5.84. The van der Waals surface area contributed by atoms with E-state index in [2.05, 4.69) is 11.8 Å². The van der Waals surface area contributed by atoms with Crippen LogP contribution in [0.1, 0.15) is 32.6 Å². The van der Waals surface area contributed by atoms with Crippen molar-refractivity contribution in [2.45, 2.75) is 50.9 Å². The SMILES string of the molecule is CC(CN)OC1CCN(C2CC2)CC1. The van der Waals surface area contributed by atoms with Crippen LogP contribution >= 0.6 is 0 Å².